The van der Waals surface area contributed by atoms with Gasteiger partial charge < -0.3 is 10.6 Å². The van der Waals surface area contributed by atoms with E-state index in [0.717, 1.165) is 0 Å². The lowest BCUT2D eigenvalue weighted by molar-refractivity contribution is -0.384. The number of ketones is 2. The highest BCUT2D eigenvalue weighted by Gasteiger charge is 2.17. The largest absolute Gasteiger partial charge is 0.379 e. The van der Waals surface area contributed by atoms with Crippen LogP contribution in [0.2, 0.25) is 0 Å². The minimum absolute atomic E-state index is 0.193. The molecule has 0 aromatic heterocycles. The molecule has 0 amide bonds. The van der Waals surface area contributed by atoms with E-state index in [-0.39, 0.29) is 45.4 Å². The number of nitrogens with zero attached hydrogens (tertiary/aromatic N) is 2. The number of nitrogens with one attached hydrogen (secondary N) is 2. The maximum atomic E-state index is 11.4. The molecule has 0 heterocycles. The number of carbonyl (C=O) groups excluding carboxylic acids is 2. The molecular weight excluding hydrogens is 380 g/mol. The van der Waals surface area contributed by atoms with Gasteiger partial charge in [-0.1, -0.05) is 0 Å². The highest BCUT2D eigenvalue weighted by Crippen LogP contribution is 2.27. The number of nitro groups is 2. The quantitative estimate of drug-likeness (QED) is 0.265. The number of carbonyl (C=O) groups is 2. The van der Waals surface area contributed by atoms with Crippen LogP contribution in [0, 0.1) is 20.2 Å². The number of hydrogen-bond acceptors (Lipinski definition) is 8. The Bertz CT molecular complexity index is 896. The van der Waals surface area contributed by atoms with Crippen LogP contribution in [-0.4, -0.2) is 34.5 Å². The molecule has 2 N–H and O–H groups in total. The maximum Gasteiger partial charge on any atom is 0.293 e. The van der Waals surface area contributed by atoms with Gasteiger partial charge in [0.25, 0.3) is 11.4 Å². The fraction of sp³-hybridized carbons (Fsp3) is 0.263. The second-order valence-electron chi connectivity index (χ2n) is 6.30. The molecule has 10 heteroatoms. The van der Waals surface area contributed by atoms with Crippen molar-refractivity contribution in [1.82, 2.24) is 0 Å². The average molecular weight is 400 g/mol. The molecule has 0 aliphatic carbocycles. The topological polar surface area (TPSA) is 144 Å². The number of nitro benzene ring substituents is 2. The molecule has 0 spiro atoms. The van der Waals surface area contributed by atoms with E-state index in [9.17, 15) is 29.8 Å². The van der Waals surface area contributed by atoms with Crippen LogP contribution >= 0.6 is 0 Å². The van der Waals surface area contributed by atoms with Gasteiger partial charge >= 0.3 is 0 Å². The van der Waals surface area contributed by atoms with E-state index in [1.54, 1.807) is 0 Å². The van der Waals surface area contributed by atoms with Crippen molar-refractivity contribution in [3.8, 4) is 0 Å². The summed E-state index contributed by atoms with van der Waals surface area (Å²) >= 11 is 0. The molecule has 0 atom stereocenters. The molecule has 0 radical (unpaired) electrons. The van der Waals surface area contributed by atoms with E-state index < -0.39 is 9.85 Å². The van der Waals surface area contributed by atoms with E-state index in [1.807, 2.05) is 0 Å². The Hall–Kier alpha value is -3.82. The van der Waals surface area contributed by atoms with Crippen LogP contribution in [0.1, 0.15) is 41.0 Å². The van der Waals surface area contributed by atoms with Crippen LogP contribution in [0.5, 0.6) is 0 Å². The molecular formula is C19H20N4O6. The Morgan fingerprint density at radius 2 is 1.17 bits per heavy atom. The first-order valence-corrected chi connectivity index (χ1v) is 8.77. The highest BCUT2D eigenvalue weighted by atomic mass is 16.6. The Balaban J connectivity index is 1.97. The second-order valence-corrected chi connectivity index (χ2v) is 6.30. The zero-order valence-corrected chi connectivity index (χ0v) is 15.9. The molecule has 0 saturated carbocycles. The van der Waals surface area contributed by atoms with Gasteiger partial charge in [-0.05, 0) is 44.5 Å². The average Bonchev–Trinajstić information content (AvgIpc) is 2.67. The van der Waals surface area contributed by atoms with Gasteiger partial charge in [-0.2, -0.15) is 0 Å². The zero-order valence-electron chi connectivity index (χ0n) is 15.9. The summed E-state index contributed by atoms with van der Waals surface area (Å²) in [6.45, 7) is 3.40. The van der Waals surface area contributed by atoms with E-state index in [2.05, 4.69) is 10.6 Å². The number of Topliss-reactive ketones (excluding diaryl/α,β-unsaturated/α-hetero) is 2. The summed E-state index contributed by atoms with van der Waals surface area (Å²) in [7, 11) is 0. The van der Waals surface area contributed by atoms with Gasteiger partial charge in [0.05, 0.1) is 9.85 Å². The number of anilines is 2. The van der Waals surface area contributed by atoms with E-state index >= 15 is 0 Å². The summed E-state index contributed by atoms with van der Waals surface area (Å²) in [6, 6.07) is 8.43. The van der Waals surface area contributed by atoms with Gasteiger partial charge in [0.2, 0.25) is 0 Å². The standard InChI is InChI=1S/C19H20N4O6/c1-12(24)14-4-6-16(18(10-14)22(26)27)20-8-3-9-21-17-7-5-15(13(2)25)11-19(17)23(28)29/h4-7,10-11,20-21H,3,8-9H2,1-2H3. The summed E-state index contributed by atoms with van der Waals surface area (Å²) in [6.07, 6.45) is 0.511. The second kappa shape index (κ2) is 9.40. The molecule has 2 aromatic rings. The van der Waals surface area contributed by atoms with Crippen molar-refractivity contribution in [2.45, 2.75) is 20.3 Å². The molecule has 0 aliphatic heterocycles. The first kappa shape index (κ1) is 21.5. The maximum absolute atomic E-state index is 11.4. The number of rotatable bonds is 10. The predicted octanol–water partition coefficient (Wildman–Crippen LogP) is 3.82. The van der Waals surface area contributed by atoms with Crippen LogP contribution in [0.25, 0.3) is 0 Å². The van der Waals surface area contributed by atoms with Crippen molar-refractivity contribution in [3.63, 3.8) is 0 Å². The predicted molar refractivity (Wildman–Crippen MR) is 108 cm³/mol. The van der Waals surface area contributed by atoms with Crippen molar-refractivity contribution in [2.24, 2.45) is 0 Å². The Morgan fingerprint density at radius 3 is 1.48 bits per heavy atom. The smallest absolute Gasteiger partial charge is 0.293 e. The van der Waals surface area contributed by atoms with Gasteiger partial charge in [-0.15, -0.1) is 0 Å². The summed E-state index contributed by atoms with van der Waals surface area (Å²) in [5.74, 6) is -0.525. The Labute approximate surface area is 166 Å². The van der Waals surface area contributed by atoms with Crippen molar-refractivity contribution in [3.05, 3.63) is 67.8 Å². The minimum Gasteiger partial charge on any atom is -0.379 e. The molecule has 10 nitrogen and oxygen atoms in total. The molecule has 0 aliphatic rings. The van der Waals surface area contributed by atoms with E-state index in [0.29, 0.717) is 19.5 Å². The molecule has 2 rings (SSSR count). The number of hydrogen-bond donors (Lipinski definition) is 2. The van der Waals surface area contributed by atoms with Crippen LogP contribution < -0.4 is 10.6 Å². The van der Waals surface area contributed by atoms with Gasteiger partial charge in [0.15, 0.2) is 11.6 Å². The van der Waals surface area contributed by atoms with Gasteiger partial charge in [0, 0.05) is 36.3 Å². The lowest BCUT2D eigenvalue weighted by atomic mass is 10.1. The van der Waals surface area contributed by atoms with Crippen LogP contribution in [0.15, 0.2) is 36.4 Å². The zero-order chi connectivity index (χ0) is 21.6. The summed E-state index contributed by atoms with van der Waals surface area (Å²) in [5.41, 5.74) is 0.700. The Kier molecular flexibility index (Phi) is 6.96. The first-order valence-electron chi connectivity index (χ1n) is 8.77. The molecule has 29 heavy (non-hydrogen) atoms. The molecule has 152 valence electrons. The number of benzene rings is 2. The van der Waals surface area contributed by atoms with E-state index in [4.69, 9.17) is 0 Å². The first-order chi connectivity index (χ1) is 13.7. The van der Waals surface area contributed by atoms with E-state index in [1.165, 1.54) is 50.2 Å². The third-order valence-electron chi connectivity index (χ3n) is 4.19. The van der Waals surface area contributed by atoms with Gasteiger partial charge in [-0.25, -0.2) is 0 Å². The van der Waals surface area contributed by atoms with Gasteiger partial charge in [-0.3, -0.25) is 29.8 Å². The molecule has 0 bridgehead atoms. The monoisotopic (exact) mass is 400 g/mol. The summed E-state index contributed by atoms with van der Waals surface area (Å²) in [5, 5.41) is 28.3. The summed E-state index contributed by atoms with van der Waals surface area (Å²) in [4.78, 5) is 44.0. The lowest BCUT2D eigenvalue weighted by Crippen LogP contribution is -2.11. The van der Waals surface area contributed by atoms with Crippen LogP contribution in [0.3, 0.4) is 0 Å². The third-order valence-corrected chi connectivity index (χ3v) is 4.19. The lowest BCUT2D eigenvalue weighted by Gasteiger charge is -2.10. The fourth-order valence-corrected chi connectivity index (χ4v) is 2.64. The molecule has 0 saturated heterocycles. The van der Waals surface area contributed by atoms with Crippen LogP contribution in [-0.2, 0) is 0 Å². The van der Waals surface area contributed by atoms with Gasteiger partial charge in [0.1, 0.15) is 11.4 Å². The SMILES string of the molecule is CC(=O)c1ccc(NCCCNc2ccc(C(C)=O)cc2[N+](=O)[O-])c([N+](=O)[O-])c1. The molecule has 0 fully saturated rings. The Morgan fingerprint density at radius 1 is 0.793 bits per heavy atom. The molecule has 0 unspecified atom stereocenters. The third kappa shape index (κ3) is 5.58. The highest BCUT2D eigenvalue weighted by molar-refractivity contribution is 5.96. The molecule has 2 aromatic carbocycles. The van der Waals surface area contributed by atoms with Crippen molar-refractivity contribution in [1.29, 1.82) is 0 Å². The van der Waals surface area contributed by atoms with Crippen molar-refractivity contribution < 1.29 is 19.4 Å². The fourth-order valence-electron chi connectivity index (χ4n) is 2.64. The minimum atomic E-state index is -0.563. The van der Waals surface area contributed by atoms with Crippen LogP contribution in [0.4, 0.5) is 22.7 Å². The normalized spacial score (nSPS) is 10.3. The van der Waals surface area contributed by atoms with Crippen molar-refractivity contribution >= 4 is 34.3 Å². The summed E-state index contributed by atoms with van der Waals surface area (Å²) < 4.78 is 0. The van der Waals surface area contributed by atoms with Crippen molar-refractivity contribution in [2.75, 3.05) is 23.7 Å².